The minimum Gasteiger partial charge on any atom is -0.291 e. The molecule has 1 heterocycles. The lowest BCUT2D eigenvalue weighted by molar-refractivity contribution is 0.480. The van der Waals surface area contributed by atoms with Gasteiger partial charge in [-0.15, -0.1) is 0 Å². The van der Waals surface area contributed by atoms with Crippen molar-refractivity contribution >= 4 is 49.7 Å². The van der Waals surface area contributed by atoms with E-state index in [4.69, 9.17) is 0 Å². The first-order valence-electron chi connectivity index (χ1n) is 10.2. The summed E-state index contributed by atoms with van der Waals surface area (Å²) in [6.45, 7) is 0. The molecule has 0 unspecified atom stereocenters. The smallest absolute Gasteiger partial charge is 0.291 e. The van der Waals surface area contributed by atoms with Crippen LogP contribution in [0, 0.1) is 0 Å². The van der Waals surface area contributed by atoms with Crippen molar-refractivity contribution in [2.45, 2.75) is 9.79 Å². The molecular formula is C23H19N5O6S2. The molecule has 3 N–H and O–H groups in total. The second-order valence-corrected chi connectivity index (χ2v) is 10.1. The van der Waals surface area contributed by atoms with E-state index in [0.29, 0.717) is 5.69 Å². The van der Waals surface area contributed by atoms with Crippen LogP contribution in [0.1, 0.15) is 11.1 Å². The van der Waals surface area contributed by atoms with Crippen LogP contribution in [0.25, 0.3) is 12.2 Å². The summed E-state index contributed by atoms with van der Waals surface area (Å²) in [6, 6.07) is 18.8. The van der Waals surface area contributed by atoms with Gasteiger partial charge in [0.15, 0.2) is 0 Å². The van der Waals surface area contributed by atoms with E-state index in [0.717, 1.165) is 0 Å². The highest BCUT2D eigenvalue weighted by molar-refractivity contribution is 7.86. The van der Waals surface area contributed by atoms with Crippen molar-refractivity contribution in [3.8, 4) is 0 Å². The molecule has 1 aromatic heterocycles. The zero-order chi connectivity index (χ0) is 25.8. The van der Waals surface area contributed by atoms with Crippen molar-refractivity contribution in [2.75, 3.05) is 10.4 Å². The predicted molar refractivity (Wildman–Crippen MR) is 133 cm³/mol. The van der Waals surface area contributed by atoms with Crippen LogP contribution in [0.4, 0.5) is 17.3 Å². The number of nitrogens with one attached hydrogen (secondary N) is 1. The van der Waals surface area contributed by atoms with Crippen LogP contribution in [0.5, 0.6) is 0 Å². The van der Waals surface area contributed by atoms with E-state index in [1.807, 2.05) is 6.07 Å². The van der Waals surface area contributed by atoms with Gasteiger partial charge >= 0.3 is 0 Å². The van der Waals surface area contributed by atoms with Gasteiger partial charge in [0.1, 0.15) is 22.4 Å². The first kappa shape index (κ1) is 24.9. The molecule has 4 aromatic rings. The van der Waals surface area contributed by atoms with Crippen LogP contribution in [0.15, 0.2) is 95.2 Å². The molecule has 184 valence electrons. The minimum atomic E-state index is -4.71. The summed E-state index contributed by atoms with van der Waals surface area (Å²) in [6.07, 6.45) is 5.18. The molecular weight excluding hydrogens is 506 g/mol. The second kappa shape index (κ2) is 10.2. The second-order valence-electron chi connectivity index (χ2n) is 7.29. The summed E-state index contributed by atoms with van der Waals surface area (Å²) < 4.78 is 67.2. The number of hydrogen-bond donors (Lipinski definition) is 3. The van der Waals surface area contributed by atoms with Crippen LogP contribution in [-0.4, -0.2) is 40.9 Å². The number of para-hydroxylation sites is 1. The standard InChI is InChI=1S/C23H19N5O6S2/c29-35(30,31)21-9-5-4-6-17(21)10-11-18-12-13-20(14-22(18)36(32,33)34)28(23-25-15-24-16-26-23)27-19-7-2-1-3-8-19/h1-16,27H,(H,29,30,31)(H,32,33,34). The Kier molecular flexibility index (Phi) is 7.07. The predicted octanol–water partition coefficient (Wildman–Crippen LogP) is 3.70. The molecule has 0 spiro atoms. The summed E-state index contributed by atoms with van der Waals surface area (Å²) in [4.78, 5) is 11.2. The van der Waals surface area contributed by atoms with Crippen molar-refractivity contribution in [1.82, 2.24) is 15.0 Å². The minimum absolute atomic E-state index is 0.0710. The molecule has 13 heteroatoms. The largest absolute Gasteiger partial charge is 0.295 e. The summed E-state index contributed by atoms with van der Waals surface area (Å²) in [7, 11) is -9.22. The highest BCUT2D eigenvalue weighted by Crippen LogP contribution is 2.29. The lowest BCUT2D eigenvalue weighted by Gasteiger charge is -2.24. The molecule has 0 fully saturated rings. The van der Waals surface area contributed by atoms with Gasteiger partial charge in [-0.1, -0.05) is 54.6 Å². The molecule has 0 radical (unpaired) electrons. The fraction of sp³-hybridized carbons (Fsp3) is 0. The number of nitrogens with zero attached hydrogens (tertiary/aromatic N) is 4. The van der Waals surface area contributed by atoms with Gasteiger partial charge in [0.25, 0.3) is 26.2 Å². The Morgan fingerprint density at radius 3 is 1.94 bits per heavy atom. The SMILES string of the molecule is O=S(=O)(O)c1ccccc1C=Cc1ccc(N(Nc2ccccc2)c2ncncn2)cc1S(=O)(=O)O. The Bertz CT molecular complexity index is 1610. The molecule has 0 amide bonds. The summed E-state index contributed by atoms with van der Waals surface area (Å²) in [5, 5.41) is 1.41. The van der Waals surface area contributed by atoms with Crippen molar-refractivity contribution in [1.29, 1.82) is 0 Å². The zero-order valence-corrected chi connectivity index (χ0v) is 20.0. The lowest BCUT2D eigenvalue weighted by atomic mass is 10.1. The molecule has 36 heavy (non-hydrogen) atoms. The summed E-state index contributed by atoms with van der Waals surface area (Å²) in [5.41, 5.74) is 4.20. The Labute approximate surface area is 207 Å². The number of benzene rings is 3. The molecule has 0 aliphatic carbocycles. The van der Waals surface area contributed by atoms with Crippen molar-refractivity contribution in [2.24, 2.45) is 0 Å². The number of aromatic nitrogens is 3. The molecule has 3 aromatic carbocycles. The topological polar surface area (TPSA) is 163 Å². The van der Waals surface area contributed by atoms with E-state index in [1.165, 1.54) is 60.1 Å². The summed E-state index contributed by atoms with van der Waals surface area (Å²) in [5.74, 6) is 0.153. The molecule has 0 aliphatic rings. The number of hydrogen-bond acceptors (Lipinski definition) is 9. The van der Waals surface area contributed by atoms with E-state index in [9.17, 15) is 25.9 Å². The molecule has 0 saturated carbocycles. The van der Waals surface area contributed by atoms with Crippen molar-refractivity contribution in [3.63, 3.8) is 0 Å². The van der Waals surface area contributed by atoms with Gasteiger partial charge in [-0.3, -0.25) is 14.5 Å². The monoisotopic (exact) mass is 525 g/mol. The summed E-state index contributed by atoms with van der Waals surface area (Å²) >= 11 is 0. The normalized spacial score (nSPS) is 11.9. The zero-order valence-electron chi connectivity index (χ0n) is 18.4. The fourth-order valence-electron chi connectivity index (χ4n) is 3.28. The first-order valence-corrected chi connectivity index (χ1v) is 13.1. The number of anilines is 3. The Morgan fingerprint density at radius 1 is 0.722 bits per heavy atom. The van der Waals surface area contributed by atoms with Crippen LogP contribution in [0.3, 0.4) is 0 Å². The third-order valence-electron chi connectivity index (χ3n) is 4.87. The van der Waals surface area contributed by atoms with Gasteiger partial charge in [-0.25, -0.2) is 9.99 Å². The fourth-order valence-corrected chi connectivity index (χ4v) is 4.66. The van der Waals surface area contributed by atoms with Gasteiger partial charge in [0, 0.05) is 0 Å². The molecule has 0 bridgehead atoms. The maximum Gasteiger partial charge on any atom is 0.295 e. The maximum absolute atomic E-state index is 12.3. The van der Waals surface area contributed by atoms with E-state index in [-0.39, 0.29) is 27.7 Å². The van der Waals surface area contributed by atoms with Crippen LogP contribution in [0.2, 0.25) is 0 Å². The molecule has 11 nitrogen and oxygen atoms in total. The van der Waals surface area contributed by atoms with Crippen molar-refractivity contribution < 1.29 is 25.9 Å². The average molecular weight is 526 g/mol. The van der Waals surface area contributed by atoms with Crippen molar-refractivity contribution in [3.05, 3.63) is 96.6 Å². The van der Waals surface area contributed by atoms with Crippen LogP contribution >= 0.6 is 0 Å². The van der Waals surface area contributed by atoms with Gasteiger partial charge < -0.3 is 0 Å². The van der Waals surface area contributed by atoms with Gasteiger partial charge in [0.05, 0.1) is 11.4 Å². The van der Waals surface area contributed by atoms with Gasteiger partial charge in [-0.05, 0) is 41.5 Å². The third kappa shape index (κ3) is 5.90. The molecule has 0 saturated heterocycles. The average Bonchev–Trinajstić information content (AvgIpc) is 2.86. The van der Waals surface area contributed by atoms with E-state index in [2.05, 4.69) is 20.4 Å². The molecule has 0 aliphatic heterocycles. The van der Waals surface area contributed by atoms with Gasteiger partial charge in [-0.2, -0.15) is 26.8 Å². The van der Waals surface area contributed by atoms with Crippen LogP contribution < -0.4 is 10.4 Å². The number of rotatable bonds is 8. The first-order chi connectivity index (χ1) is 17.1. The highest BCUT2D eigenvalue weighted by Gasteiger charge is 2.20. The Balaban J connectivity index is 1.79. The van der Waals surface area contributed by atoms with Gasteiger partial charge in [0.2, 0.25) is 0 Å². The molecule has 4 rings (SSSR count). The maximum atomic E-state index is 12.3. The van der Waals surface area contributed by atoms with E-state index >= 15 is 0 Å². The van der Waals surface area contributed by atoms with E-state index in [1.54, 1.807) is 36.4 Å². The van der Waals surface area contributed by atoms with E-state index < -0.39 is 25.1 Å². The third-order valence-corrected chi connectivity index (χ3v) is 6.70. The lowest BCUT2D eigenvalue weighted by Crippen LogP contribution is -2.26. The Hall–Kier alpha value is -4.17. The number of hydrazine groups is 1. The highest BCUT2D eigenvalue weighted by atomic mass is 32.2. The van der Waals surface area contributed by atoms with Crippen LogP contribution in [-0.2, 0) is 20.2 Å². The Morgan fingerprint density at radius 2 is 1.31 bits per heavy atom. The quantitative estimate of drug-likeness (QED) is 0.175. The molecule has 0 atom stereocenters.